The molecule has 1 heterocycles. The van der Waals surface area contributed by atoms with Gasteiger partial charge in [0.2, 0.25) is 0 Å². The molecule has 0 saturated carbocycles. The highest BCUT2D eigenvalue weighted by Gasteiger charge is 2.35. The molecule has 0 bridgehead atoms. The van der Waals surface area contributed by atoms with Crippen LogP contribution >= 0.6 is 23.2 Å². The topological polar surface area (TPSA) is 46.9 Å². The van der Waals surface area contributed by atoms with Gasteiger partial charge in [0.25, 0.3) is 5.91 Å². The highest BCUT2D eigenvalue weighted by atomic mass is 35.5. The van der Waals surface area contributed by atoms with E-state index in [4.69, 9.17) is 23.2 Å². The fraction of sp³-hybridized carbons (Fsp3) is 0.0833. The zero-order valence-corrected chi connectivity index (χ0v) is 18.4. The number of carbonyl (C=O) groups is 1. The van der Waals surface area contributed by atoms with Crippen molar-refractivity contribution in [1.29, 1.82) is 0 Å². The second-order valence-corrected chi connectivity index (χ2v) is 7.94. The monoisotopic (exact) mass is 489 g/mol. The molecule has 1 amide bonds. The number of amides is 1. The first-order valence-electron chi connectivity index (χ1n) is 9.78. The van der Waals surface area contributed by atoms with Crippen molar-refractivity contribution < 1.29 is 18.0 Å². The number of hydrogen-bond acceptors (Lipinski definition) is 2. The van der Waals surface area contributed by atoms with Gasteiger partial charge in [0.1, 0.15) is 0 Å². The molecule has 4 rings (SSSR count). The van der Waals surface area contributed by atoms with Gasteiger partial charge >= 0.3 is 6.18 Å². The number of aromatic nitrogens is 2. The minimum absolute atomic E-state index is 0.193. The molecule has 9 heteroatoms. The average Bonchev–Trinajstić information content (AvgIpc) is 3.25. The van der Waals surface area contributed by atoms with E-state index < -0.39 is 11.9 Å². The molecule has 0 atom stereocenters. The summed E-state index contributed by atoms with van der Waals surface area (Å²) in [6.07, 6.45) is -4.63. The van der Waals surface area contributed by atoms with E-state index in [1.807, 2.05) is 6.07 Å². The standard InChI is InChI=1S/C24H16Cl2F3N3O/c25-18-6-2-1-5-17(18)14-30-23(33)16-11-9-15(10-12-16)21-13-22(24(27,28)29)31-32(21)20-8-4-3-7-19(20)26/h1-13H,14H2,(H,30,33). The van der Waals surface area contributed by atoms with E-state index in [0.29, 0.717) is 21.8 Å². The van der Waals surface area contributed by atoms with Crippen LogP contribution in [0.5, 0.6) is 0 Å². The molecule has 168 valence electrons. The number of alkyl halides is 3. The zero-order valence-electron chi connectivity index (χ0n) is 16.9. The Morgan fingerprint density at radius 2 is 1.55 bits per heavy atom. The minimum Gasteiger partial charge on any atom is -0.348 e. The van der Waals surface area contributed by atoms with Crippen LogP contribution in [0.3, 0.4) is 0 Å². The summed E-state index contributed by atoms with van der Waals surface area (Å²) in [5, 5.41) is 7.31. The van der Waals surface area contributed by atoms with Gasteiger partial charge in [-0.1, -0.05) is 65.7 Å². The predicted octanol–water partition coefficient (Wildman–Crippen LogP) is 6.79. The molecular weight excluding hydrogens is 474 g/mol. The summed E-state index contributed by atoms with van der Waals surface area (Å²) in [7, 11) is 0. The maximum absolute atomic E-state index is 13.4. The Morgan fingerprint density at radius 1 is 0.909 bits per heavy atom. The van der Waals surface area contributed by atoms with Crippen LogP contribution in [0.15, 0.2) is 78.9 Å². The van der Waals surface area contributed by atoms with Gasteiger partial charge in [0.05, 0.1) is 16.4 Å². The SMILES string of the molecule is O=C(NCc1ccccc1Cl)c1ccc(-c2cc(C(F)(F)F)nn2-c2ccccc2Cl)cc1. The third-order valence-electron chi connectivity index (χ3n) is 4.92. The van der Waals surface area contributed by atoms with Crippen molar-refractivity contribution in [3.05, 3.63) is 106 Å². The molecule has 1 aromatic heterocycles. The number of nitrogens with zero attached hydrogens (tertiary/aromatic N) is 2. The van der Waals surface area contributed by atoms with E-state index in [1.54, 1.807) is 54.6 Å². The Labute approximate surface area is 197 Å². The van der Waals surface area contributed by atoms with Crippen LogP contribution in [-0.2, 0) is 12.7 Å². The summed E-state index contributed by atoms with van der Waals surface area (Å²) >= 11 is 12.3. The maximum Gasteiger partial charge on any atom is 0.435 e. The van der Waals surface area contributed by atoms with Crippen LogP contribution in [0.2, 0.25) is 10.0 Å². The van der Waals surface area contributed by atoms with Crippen molar-refractivity contribution in [3.8, 4) is 16.9 Å². The predicted molar refractivity (Wildman–Crippen MR) is 122 cm³/mol. The third kappa shape index (κ3) is 5.05. The lowest BCUT2D eigenvalue weighted by Crippen LogP contribution is -2.22. The number of halogens is 5. The average molecular weight is 490 g/mol. The number of para-hydroxylation sites is 1. The van der Waals surface area contributed by atoms with Crippen molar-refractivity contribution in [2.75, 3.05) is 0 Å². The molecule has 3 aromatic carbocycles. The van der Waals surface area contributed by atoms with Gasteiger partial charge in [-0.15, -0.1) is 0 Å². The highest BCUT2D eigenvalue weighted by molar-refractivity contribution is 6.32. The lowest BCUT2D eigenvalue weighted by atomic mass is 10.1. The first-order valence-corrected chi connectivity index (χ1v) is 10.5. The quantitative estimate of drug-likeness (QED) is 0.335. The van der Waals surface area contributed by atoms with E-state index in [1.165, 1.54) is 12.1 Å². The summed E-state index contributed by atoms with van der Waals surface area (Å²) in [4.78, 5) is 12.5. The van der Waals surface area contributed by atoms with Gasteiger partial charge in [0.15, 0.2) is 5.69 Å². The molecule has 0 aliphatic heterocycles. The van der Waals surface area contributed by atoms with Crippen molar-refractivity contribution in [2.45, 2.75) is 12.7 Å². The fourth-order valence-corrected chi connectivity index (χ4v) is 3.66. The van der Waals surface area contributed by atoms with Gasteiger partial charge in [-0.25, -0.2) is 4.68 Å². The van der Waals surface area contributed by atoms with Gasteiger partial charge in [0, 0.05) is 22.7 Å². The summed E-state index contributed by atoms with van der Waals surface area (Å²) in [5.74, 6) is -0.336. The van der Waals surface area contributed by atoms with Crippen molar-refractivity contribution in [3.63, 3.8) is 0 Å². The van der Waals surface area contributed by atoms with Crippen molar-refractivity contribution >= 4 is 29.1 Å². The molecule has 0 saturated heterocycles. The summed E-state index contributed by atoms with van der Waals surface area (Å²) in [6, 6.07) is 20.8. The minimum atomic E-state index is -4.63. The van der Waals surface area contributed by atoms with Gasteiger partial charge in [-0.3, -0.25) is 4.79 Å². The second-order valence-electron chi connectivity index (χ2n) is 7.13. The van der Waals surface area contributed by atoms with Crippen LogP contribution in [0.4, 0.5) is 13.2 Å². The zero-order chi connectivity index (χ0) is 23.6. The molecule has 4 nitrogen and oxygen atoms in total. The first kappa shape index (κ1) is 22.9. The van der Waals surface area contributed by atoms with E-state index >= 15 is 0 Å². The molecule has 1 N–H and O–H groups in total. The maximum atomic E-state index is 13.4. The van der Waals surface area contributed by atoms with Crippen LogP contribution in [0.1, 0.15) is 21.6 Å². The van der Waals surface area contributed by atoms with Crippen LogP contribution < -0.4 is 5.32 Å². The molecule has 0 spiro atoms. The Balaban J connectivity index is 1.62. The van der Waals surface area contributed by atoms with E-state index in [9.17, 15) is 18.0 Å². The summed E-state index contributed by atoms with van der Waals surface area (Å²) in [6.45, 7) is 0.245. The molecular formula is C24H16Cl2F3N3O. The number of benzene rings is 3. The molecule has 0 fully saturated rings. The molecule has 0 aliphatic rings. The molecule has 33 heavy (non-hydrogen) atoms. The first-order chi connectivity index (χ1) is 15.7. The lowest BCUT2D eigenvalue weighted by molar-refractivity contribution is -0.141. The van der Waals surface area contributed by atoms with Crippen molar-refractivity contribution in [1.82, 2.24) is 15.1 Å². The number of nitrogens with one attached hydrogen (secondary N) is 1. The van der Waals surface area contributed by atoms with E-state index in [2.05, 4.69) is 10.4 Å². The molecule has 0 aliphatic carbocycles. The Bertz CT molecular complexity index is 1300. The summed E-state index contributed by atoms with van der Waals surface area (Å²) < 4.78 is 41.2. The lowest BCUT2D eigenvalue weighted by Gasteiger charge is -2.10. The number of carbonyl (C=O) groups excluding carboxylic acids is 1. The Kier molecular flexibility index (Phi) is 6.44. The highest BCUT2D eigenvalue weighted by Crippen LogP contribution is 2.34. The summed E-state index contributed by atoms with van der Waals surface area (Å²) in [5.41, 5.74) is 1.03. The largest absolute Gasteiger partial charge is 0.435 e. The molecule has 0 unspecified atom stereocenters. The van der Waals surface area contributed by atoms with Gasteiger partial charge in [-0.05, 0) is 42.0 Å². The van der Waals surface area contributed by atoms with Crippen LogP contribution in [-0.4, -0.2) is 15.7 Å². The van der Waals surface area contributed by atoms with Crippen molar-refractivity contribution in [2.24, 2.45) is 0 Å². The fourth-order valence-electron chi connectivity index (χ4n) is 3.24. The Morgan fingerprint density at radius 3 is 2.18 bits per heavy atom. The number of hydrogen-bond donors (Lipinski definition) is 1. The van der Waals surface area contributed by atoms with E-state index in [-0.39, 0.29) is 23.2 Å². The molecule has 0 radical (unpaired) electrons. The van der Waals surface area contributed by atoms with Gasteiger partial charge < -0.3 is 5.32 Å². The smallest absolute Gasteiger partial charge is 0.348 e. The van der Waals surface area contributed by atoms with E-state index in [0.717, 1.165) is 16.3 Å². The number of rotatable bonds is 5. The molecule has 4 aromatic rings. The van der Waals surface area contributed by atoms with Crippen LogP contribution in [0.25, 0.3) is 16.9 Å². The van der Waals surface area contributed by atoms with Crippen LogP contribution in [0, 0.1) is 0 Å². The Hall–Kier alpha value is -3.29. The second kappa shape index (κ2) is 9.29. The third-order valence-corrected chi connectivity index (χ3v) is 5.61. The van der Waals surface area contributed by atoms with Gasteiger partial charge in [-0.2, -0.15) is 18.3 Å². The normalized spacial score (nSPS) is 11.4.